The van der Waals surface area contributed by atoms with Crippen LogP contribution in [-0.2, 0) is 29.5 Å². The number of nitrogens with two attached hydrogens (primary N) is 1. The molecule has 0 unspecified atom stereocenters. The Kier molecular flexibility index (Phi) is 8.48. The fraction of sp³-hybridized carbons (Fsp3) is 0.414. The first-order chi connectivity index (χ1) is 19.1. The Morgan fingerprint density at radius 1 is 1.25 bits per heavy atom. The Bertz CT molecular complexity index is 1610. The average Bonchev–Trinajstić information content (AvgIpc) is 3.60. The van der Waals surface area contributed by atoms with Crippen molar-refractivity contribution in [1.29, 1.82) is 0 Å². The molecule has 3 atom stereocenters. The highest BCUT2D eigenvalue weighted by Crippen LogP contribution is 2.36. The molecule has 1 fully saturated rings. The number of aromatic nitrogens is 3. The summed E-state index contributed by atoms with van der Waals surface area (Å²) in [4.78, 5) is 24.9. The fourth-order valence-corrected chi connectivity index (χ4v) is 7.30. The number of benzene rings is 1. The molecule has 0 spiro atoms. The molecule has 212 valence electrons. The molecule has 0 amide bonds. The molecule has 3 aromatic heterocycles. The van der Waals surface area contributed by atoms with Crippen LogP contribution in [0.25, 0.3) is 10.9 Å². The number of carbonyl (C=O) groups is 1. The van der Waals surface area contributed by atoms with Gasteiger partial charge in [-0.3, -0.25) is 4.79 Å². The largest absolute Gasteiger partial charge is 0.393 e. The maximum atomic E-state index is 13.6. The molecule has 3 heterocycles. The van der Waals surface area contributed by atoms with Crippen LogP contribution in [0, 0.1) is 11.8 Å². The molecule has 4 aromatic rings. The third kappa shape index (κ3) is 6.67. The summed E-state index contributed by atoms with van der Waals surface area (Å²) in [6.45, 7) is 1.51. The van der Waals surface area contributed by atoms with Gasteiger partial charge in [-0.25, -0.2) is 23.5 Å². The quantitative estimate of drug-likeness (QED) is 0.259. The van der Waals surface area contributed by atoms with Crippen molar-refractivity contribution in [2.45, 2.75) is 44.9 Å². The summed E-state index contributed by atoms with van der Waals surface area (Å²) >= 11 is 1.42. The normalized spacial score (nSPS) is 19.6. The molecule has 5 rings (SSSR count). The van der Waals surface area contributed by atoms with Crippen LogP contribution in [-0.4, -0.2) is 64.7 Å². The lowest BCUT2D eigenvalue weighted by Crippen LogP contribution is -2.22. The van der Waals surface area contributed by atoms with Gasteiger partial charge in [-0.2, -0.15) is 0 Å². The molecular formula is C29H35N5O4S2. The molecule has 3 N–H and O–H groups in total. The summed E-state index contributed by atoms with van der Waals surface area (Å²) in [7, 11) is 0.552. The summed E-state index contributed by atoms with van der Waals surface area (Å²) in [5.74, 6) is -0.289. The second-order valence-corrected chi connectivity index (χ2v) is 13.7. The first kappa shape index (κ1) is 28.6. The zero-order valence-corrected chi connectivity index (χ0v) is 24.4. The SMILES string of the molecule is CN(C)Cc1cn(Cc2csc(C(=O)c3cncnc3C[C@@H]3C[C@H](CCS(N)(=O)=O)[C@@H](O)C3)c2)c2ccccc12. The van der Waals surface area contributed by atoms with Crippen molar-refractivity contribution in [2.75, 3.05) is 19.8 Å². The summed E-state index contributed by atoms with van der Waals surface area (Å²) in [6.07, 6.45) is 6.68. The monoisotopic (exact) mass is 581 g/mol. The number of ketones is 1. The topological polar surface area (TPSA) is 131 Å². The molecule has 11 heteroatoms. The molecule has 0 bridgehead atoms. The Labute approximate surface area is 238 Å². The molecule has 1 aliphatic rings. The minimum absolute atomic E-state index is 0.0965. The first-order valence-electron chi connectivity index (χ1n) is 13.4. The smallest absolute Gasteiger partial charge is 0.209 e. The lowest BCUT2D eigenvalue weighted by atomic mass is 9.95. The van der Waals surface area contributed by atoms with E-state index in [-0.39, 0.29) is 23.4 Å². The number of primary sulfonamides is 1. The molecule has 40 heavy (non-hydrogen) atoms. The molecule has 1 saturated carbocycles. The van der Waals surface area contributed by atoms with Gasteiger partial charge in [-0.1, -0.05) is 18.2 Å². The van der Waals surface area contributed by atoms with Crippen molar-refractivity contribution >= 4 is 38.0 Å². The van der Waals surface area contributed by atoms with E-state index in [1.807, 2.05) is 17.5 Å². The molecule has 0 aliphatic heterocycles. The van der Waals surface area contributed by atoms with Crippen LogP contribution in [0.3, 0.4) is 0 Å². The van der Waals surface area contributed by atoms with E-state index >= 15 is 0 Å². The minimum Gasteiger partial charge on any atom is -0.393 e. The number of para-hydroxylation sites is 1. The van der Waals surface area contributed by atoms with Crippen molar-refractivity contribution < 1.29 is 18.3 Å². The van der Waals surface area contributed by atoms with Gasteiger partial charge in [0.05, 0.1) is 28.0 Å². The number of aliphatic hydroxyl groups excluding tert-OH is 1. The van der Waals surface area contributed by atoms with Crippen LogP contribution >= 0.6 is 11.3 Å². The number of rotatable bonds is 11. The van der Waals surface area contributed by atoms with Crippen molar-refractivity contribution in [3.63, 3.8) is 0 Å². The van der Waals surface area contributed by atoms with Crippen LogP contribution in [0.15, 0.2) is 54.4 Å². The molecule has 0 radical (unpaired) electrons. The minimum atomic E-state index is -3.57. The highest BCUT2D eigenvalue weighted by Gasteiger charge is 2.34. The molecule has 1 aliphatic carbocycles. The zero-order valence-electron chi connectivity index (χ0n) is 22.7. The number of fused-ring (bicyclic) bond motifs is 1. The van der Waals surface area contributed by atoms with Gasteiger partial charge in [0.2, 0.25) is 15.8 Å². The Morgan fingerprint density at radius 2 is 2.05 bits per heavy atom. The summed E-state index contributed by atoms with van der Waals surface area (Å²) in [5.41, 5.74) is 4.61. The van der Waals surface area contributed by atoms with Gasteiger partial charge in [-0.15, -0.1) is 11.3 Å². The molecular weight excluding hydrogens is 546 g/mol. The summed E-state index contributed by atoms with van der Waals surface area (Å²) < 4.78 is 25.0. The molecule has 1 aromatic carbocycles. The van der Waals surface area contributed by atoms with E-state index in [4.69, 9.17) is 5.14 Å². The van der Waals surface area contributed by atoms with E-state index in [0.717, 1.165) is 12.1 Å². The lowest BCUT2D eigenvalue weighted by Gasteiger charge is -2.13. The maximum absolute atomic E-state index is 13.6. The molecule has 0 saturated heterocycles. The van der Waals surface area contributed by atoms with Crippen LogP contribution in [0.1, 0.15) is 51.3 Å². The maximum Gasteiger partial charge on any atom is 0.209 e. The second kappa shape index (κ2) is 11.9. The van der Waals surface area contributed by atoms with Crippen molar-refractivity contribution in [3.05, 3.63) is 81.7 Å². The van der Waals surface area contributed by atoms with Crippen molar-refractivity contribution in [2.24, 2.45) is 17.0 Å². The number of hydrogen-bond donors (Lipinski definition) is 2. The van der Waals surface area contributed by atoms with E-state index in [2.05, 4.69) is 57.9 Å². The van der Waals surface area contributed by atoms with Gasteiger partial charge in [-0.05, 0) is 80.3 Å². The van der Waals surface area contributed by atoms with Gasteiger partial charge >= 0.3 is 0 Å². The first-order valence-corrected chi connectivity index (χ1v) is 16.0. The average molecular weight is 582 g/mol. The highest BCUT2D eigenvalue weighted by molar-refractivity contribution is 7.89. The highest BCUT2D eigenvalue weighted by atomic mass is 32.2. The zero-order chi connectivity index (χ0) is 28.4. The van der Waals surface area contributed by atoms with Crippen molar-refractivity contribution in [3.8, 4) is 0 Å². The lowest BCUT2D eigenvalue weighted by molar-refractivity contribution is 0.104. The predicted molar refractivity (Wildman–Crippen MR) is 157 cm³/mol. The summed E-state index contributed by atoms with van der Waals surface area (Å²) in [6, 6.07) is 10.3. The molecule has 9 nitrogen and oxygen atoms in total. The van der Waals surface area contributed by atoms with Gasteiger partial charge in [0.15, 0.2) is 0 Å². The van der Waals surface area contributed by atoms with Gasteiger partial charge < -0.3 is 14.6 Å². The van der Waals surface area contributed by atoms with Gasteiger partial charge in [0, 0.05) is 36.4 Å². The van der Waals surface area contributed by atoms with E-state index in [1.165, 1.54) is 34.1 Å². The summed E-state index contributed by atoms with van der Waals surface area (Å²) in [5, 5.41) is 18.9. The number of carbonyl (C=O) groups excluding carboxylic acids is 1. The van der Waals surface area contributed by atoms with E-state index in [1.54, 1.807) is 6.20 Å². The van der Waals surface area contributed by atoms with Gasteiger partial charge in [0.25, 0.3) is 0 Å². The van der Waals surface area contributed by atoms with Crippen molar-refractivity contribution in [1.82, 2.24) is 19.4 Å². The van der Waals surface area contributed by atoms with E-state index in [9.17, 15) is 18.3 Å². The Hall–Kier alpha value is -2.96. The number of thiophene rings is 1. The number of aliphatic hydroxyl groups is 1. The van der Waals surface area contributed by atoms with Crippen LogP contribution in [0.4, 0.5) is 0 Å². The second-order valence-electron chi connectivity index (χ2n) is 11.1. The number of nitrogens with zero attached hydrogens (tertiary/aromatic N) is 4. The van der Waals surface area contributed by atoms with E-state index < -0.39 is 16.1 Å². The number of hydrogen-bond acceptors (Lipinski definition) is 8. The fourth-order valence-electron chi connectivity index (χ4n) is 5.82. The number of sulfonamides is 1. The third-order valence-corrected chi connectivity index (χ3v) is 9.42. The third-order valence-electron chi connectivity index (χ3n) is 7.64. The van der Waals surface area contributed by atoms with Crippen LogP contribution in [0.5, 0.6) is 0 Å². The van der Waals surface area contributed by atoms with Gasteiger partial charge in [0.1, 0.15) is 6.33 Å². The van der Waals surface area contributed by atoms with E-state index in [0.29, 0.717) is 48.4 Å². The van der Waals surface area contributed by atoms with Crippen LogP contribution in [0.2, 0.25) is 0 Å². The Balaban J connectivity index is 1.30. The van der Waals surface area contributed by atoms with Crippen LogP contribution < -0.4 is 5.14 Å². The standard InChI is InChI=1S/C29H35N5O4S2/c1-33(2)15-22-16-34(26-6-4-3-5-23(22)26)14-20-12-28(39-17-20)29(36)24-13-31-18-32-25(24)10-19-9-21(27(35)11-19)7-8-40(30,37)38/h3-6,12-13,16-19,21,27,35H,7-11,14-15H2,1-2H3,(H2,30,37,38)/t19-,21-,27-/m0/s1. The predicted octanol–water partition coefficient (Wildman–Crippen LogP) is 3.44. The Morgan fingerprint density at radius 3 is 2.83 bits per heavy atom.